The Labute approximate surface area is 157 Å². The molecule has 138 valence electrons. The summed E-state index contributed by atoms with van der Waals surface area (Å²) in [6.45, 7) is 4.36. The van der Waals surface area contributed by atoms with Crippen LogP contribution in [-0.4, -0.2) is 65.2 Å². The van der Waals surface area contributed by atoms with Crippen molar-refractivity contribution >= 4 is 22.1 Å². The predicted molar refractivity (Wildman–Crippen MR) is 102 cm³/mol. The van der Waals surface area contributed by atoms with Gasteiger partial charge in [-0.05, 0) is 24.3 Å². The van der Waals surface area contributed by atoms with Crippen LogP contribution in [0.15, 0.2) is 43.3 Å². The first kappa shape index (κ1) is 18.6. The number of aromatic nitrogens is 2. The van der Waals surface area contributed by atoms with Gasteiger partial charge >= 0.3 is 5.69 Å². The van der Waals surface area contributed by atoms with E-state index >= 15 is 0 Å². The van der Waals surface area contributed by atoms with E-state index in [2.05, 4.69) is 30.8 Å². The zero-order chi connectivity index (χ0) is 18.5. The molecule has 0 atom stereocenters. The number of hydrogen-bond acceptors (Lipinski definition) is 6. The number of nitrogens with zero attached hydrogens (tertiary/aromatic N) is 3. The Hall–Kier alpha value is -2.23. The van der Waals surface area contributed by atoms with Crippen molar-refractivity contribution < 1.29 is 9.84 Å². The molecule has 8 nitrogen and oxygen atoms in total. The average molecular weight is 423 g/mol. The molecule has 0 bridgehead atoms. The molecule has 0 unspecified atom stereocenters. The highest BCUT2D eigenvalue weighted by Crippen LogP contribution is 2.17. The normalized spacial score (nSPS) is 15.6. The number of halogens is 1. The maximum Gasteiger partial charge on any atom is 0.335 e. The lowest BCUT2D eigenvalue weighted by molar-refractivity contribution is 0.0395. The average Bonchev–Trinajstić information content (AvgIpc) is 2.63. The molecule has 3 rings (SSSR count). The minimum atomic E-state index is -0.708. The fraction of sp³-hybridized carbons (Fsp3) is 0.353. The van der Waals surface area contributed by atoms with Gasteiger partial charge in [0, 0.05) is 30.3 Å². The van der Waals surface area contributed by atoms with Gasteiger partial charge in [-0.2, -0.15) is 0 Å². The lowest BCUT2D eigenvalue weighted by Crippen LogP contribution is -2.37. The monoisotopic (exact) mass is 422 g/mol. The summed E-state index contributed by atoms with van der Waals surface area (Å²) in [6, 6.07) is 6.79. The van der Waals surface area contributed by atoms with Crippen molar-refractivity contribution in [3.63, 3.8) is 0 Å². The van der Waals surface area contributed by atoms with Crippen LogP contribution >= 0.6 is 15.9 Å². The summed E-state index contributed by atoms with van der Waals surface area (Å²) < 4.78 is 7.16. The Kier molecular flexibility index (Phi) is 6.02. The first-order valence-electron chi connectivity index (χ1n) is 8.20. The Morgan fingerprint density at radius 3 is 2.62 bits per heavy atom. The highest BCUT2D eigenvalue weighted by atomic mass is 79.9. The van der Waals surface area contributed by atoms with Gasteiger partial charge in [-0.1, -0.05) is 15.9 Å². The Balaban J connectivity index is 1.81. The quantitative estimate of drug-likeness (QED) is 0.692. The topological polar surface area (TPSA) is 99.9 Å². The summed E-state index contributed by atoms with van der Waals surface area (Å²) in [5, 5.41) is 10.4. The fourth-order valence-corrected chi connectivity index (χ4v) is 2.93. The largest absolute Gasteiger partial charge is 0.493 e. The third kappa shape index (κ3) is 4.29. The number of rotatable bonds is 5. The first-order chi connectivity index (χ1) is 12.6. The molecule has 2 aromatic rings. The Bertz CT molecular complexity index is 898. The molecule has 1 aliphatic rings. The van der Waals surface area contributed by atoms with Crippen molar-refractivity contribution in [2.24, 2.45) is 4.99 Å². The van der Waals surface area contributed by atoms with Crippen LogP contribution in [0.2, 0.25) is 0 Å². The zero-order valence-corrected chi connectivity index (χ0v) is 15.6. The van der Waals surface area contributed by atoms with Gasteiger partial charge in [0.1, 0.15) is 5.56 Å². The highest BCUT2D eigenvalue weighted by molar-refractivity contribution is 9.10. The summed E-state index contributed by atoms with van der Waals surface area (Å²) in [4.78, 5) is 32.8. The van der Waals surface area contributed by atoms with Crippen LogP contribution in [0, 0.1) is 0 Å². The number of ether oxygens (including phenoxy) is 1. The minimum absolute atomic E-state index is 0.0468. The van der Waals surface area contributed by atoms with Gasteiger partial charge in [0.25, 0.3) is 5.56 Å². The predicted octanol–water partition coefficient (Wildman–Crippen LogP) is 0.745. The molecule has 0 spiro atoms. The van der Waals surface area contributed by atoms with E-state index in [4.69, 9.17) is 4.74 Å². The van der Waals surface area contributed by atoms with Crippen molar-refractivity contribution in [2.45, 2.75) is 0 Å². The number of nitrogens with one attached hydrogen (secondary N) is 1. The molecule has 0 aliphatic carbocycles. The maximum atomic E-state index is 12.1. The van der Waals surface area contributed by atoms with Crippen LogP contribution < -0.4 is 11.2 Å². The van der Waals surface area contributed by atoms with Crippen LogP contribution in [0.3, 0.4) is 0 Å². The maximum absolute atomic E-state index is 12.1. The second-order valence-corrected chi connectivity index (χ2v) is 6.71. The summed E-state index contributed by atoms with van der Waals surface area (Å²) >= 11 is 3.32. The summed E-state index contributed by atoms with van der Waals surface area (Å²) in [7, 11) is 0. The SMILES string of the molecule is O=c1[nH]c(=O)n(-c2ccc(Br)cc2)c(O)c1C=NCCN1CCOCC1. The van der Waals surface area contributed by atoms with Crippen LogP contribution in [0.5, 0.6) is 5.88 Å². The molecular formula is C17H19BrN4O4. The van der Waals surface area contributed by atoms with Gasteiger partial charge < -0.3 is 9.84 Å². The van der Waals surface area contributed by atoms with Gasteiger partial charge in [-0.25, -0.2) is 9.36 Å². The summed E-state index contributed by atoms with van der Waals surface area (Å²) in [6.07, 6.45) is 1.31. The Morgan fingerprint density at radius 1 is 1.23 bits per heavy atom. The lowest BCUT2D eigenvalue weighted by Gasteiger charge is -2.25. The molecule has 1 aromatic carbocycles. The molecule has 0 saturated carbocycles. The van der Waals surface area contributed by atoms with Crippen molar-refractivity contribution in [1.82, 2.24) is 14.5 Å². The Morgan fingerprint density at radius 2 is 1.92 bits per heavy atom. The molecule has 9 heteroatoms. The number of aromatic amines is 1. The van der Waals surface area contributed by atoms with E-state index in [1.807, 2.05) is 0 Å². The first-order valence-corrected chi connectivity index (χ1v) is 9.00. The molecule has 0 amide bonds. The van der Waals surface area contributed by atoms with Gasteiger partial charge in [0.2, 0.25) is 5.88 Å². The molecule has 26 heavy (non-hydrogen) atoms. The molecule has 2 N–H and O–H groups in total. The molecule has 1 saturated heterocycles. The van der Waals surface area contributed by atoms with Crippen LogP contribution in [0.4, 0.5) is 0 Å². The number of H-pyrrole nitrogens is 1. The van der Waals surface area contributed by atoms with Crippen molar-refractivity contribution in [2.75, 3.05) is 39.4 Å². The van der Waals surface area contributed by atoms with E-state index < -0.39 is 17.1 Å². The van der Waals surface area contributed by atoms with Gasteiger partial charge in [0.05, 0.1) is 25.4 Å². The number of benzene rings is 1. The van der Waals surface area contributed by atoms with Crippen LogP contribution in [0.1, 0.15) is 5.56 Å². The molecule has 2 heterocycles. The van der Waals surface area contributed by atoms with Gasteiger partial charge in [0.15, 0.2) is 0 Å². The molecular weight excluding hydrogens is 404 g/mol. The summed E-state index contributed by atoms with van der Waals surface area (Å²) in [5.74, 6) is -0.434. The number of aromatic hydroxyl groups is 1. The number of aliphatic imine (C=N–C) groups is 1. The second kappa shape index (κ2) is 8.43. The standard InChI is InChI=1S/C17H19BrN4O4/c18-12-1-3-13(4-2-12)22-16(24)14(15(23)20-17(22)25)11-19-5-6-21-7-9-26-10-8-21/h1-4,11,24H,5-10H2,(H,20,23,25). The summed E-state index contributed by atoms with van der Waals surface area (Å²) in [5.41, 5.74) is -0.985. The van der Waals surface area contributed by atoms with Crippen molar-refractivity contribution in [1.29, 1.82) is 0 Å². The van der Waals surface area contributed by atoms with E-state index in [-0.39, 0.29) is 5.56 Å². The molecule has 1 aromatic heterocycles. The van der Waals surface area contributed by atoms with E-state index in [1.54, 1.807) is 24.3 Å². The van der Waals surface area contributed by atoms with Gasteiger partial charge in [-0.3, -0.25) is 19.7 Å². The fourth-order valence-electron chi connectivity index (χ4n) is 2.66. The smallest absolute Gasteiger partial charge is 0.335 e. The molecule has 0 radical (unpaired) electrons. The molecule has 1 fully saturated rings. The van der Waals surface area contributed by atoms with Crippen LogP contribution in [-0.2, 0) is 4.74 Å². The van der Waals surface area contributed by atoms with E-state index in [0.717, 1.165) is 28.7 Å². The van der Waals surface area contributed by atoms with Crippen molar-refractivity contribution in [3.05, 3.63) is 55.1 Å². The van der Waals surface area contributed by atoms with E-state index in [9.17, 15) is 14.7 Å². The third-order valence-electron chi connectivity index (χ3n) is 4.08. The molecule has 1 aliphatic heterocycles. The number of morpholine rings is 1. The van der Waals surface area contributed by atoms with Crippen LogP contribution in [0.25, 0.3) is 5.69 Å². The second-order valence-electron chi connectivity index (χ2n) is 5.80. The van der Waals surface area contributed by atoms with E-state index in [0.29, 0.717) is 25.4 Å². The number of hydrogen-bond donors (Lipinski definition) is 2. The minimum Gasteiger partial charge on any atom is -0.493 e. The van der Waals surface area contributed by atoms with E-state index in [1.165, 1.54) is 6.21 Å². The highest BCUT2D eigenvalue weighted by Gasteiger charge is 2.14. The zero-order valence-electron chi connectivity index (χ0n) is 14.0. The van der Waals surface area contributed by atoms with Crippen molar-refractivity contribution in [3.8, 4) is 11.6 Å². The third-order valence-corrected chi connectivity index (χ3v) is 4.60. The lowest BCUT2D eigenvalue weighted by atomic mass is 10.3. The van der Waals surface area contributed by atoms with Gasteiger partial charge in [-0.15, -0.1) is 0 Å².